The Morgan fingerprint density at radius 2 is 1.87 bits per heavy atom. The number of ether oxygens (including phenoxy) is 1. The second-order valence-electron chi connectivity index (χ2n) is 10.6. The van der Waals surface area contributed by atoms with E-state index in [1.165, 1.54) is 23.1 Å². The fraction of sp³-hybridized carbons (Fsp3) is 0.406. The van der Waals surface area contributed by atoms with Gasteiger partial charge in [0.15, 0.2) is 5.11 Å². The Labute approximate surface area is 266 Å². The normalized spacial score (nSPS) is 12.5. The summed E-state index contributed by atoms with van der Waals surface area (Å²) in [5, 5.41) is 14.9. The number of halogens is 3. The van der Waals surface area contributed by atoms with Crippen LogP contribution in [0.1, 0.15) is 55.1 Å². The van der Waals surface area contributed by atoms with Crippen molar-refractivity contribution in [3.05, 3.63) is 89.0 Å². The number of amides is 1. The van der Waals surface area contributed by atoms with Gasteiger partial charge in [-0.05, 0) is 54.4 Å². The lowest BCUT2D eigenvalue weighted by Crippen LogP contribution is -2.51. The van der Waals surface area contributed by atoms with Crippen molar-refractivity contribution in [1.29, 1.82) is 5.26 Å². The summed E-state index contributed by atoms with van der Waals surface area (Å²) in [5.74, 6) is -0.909. The summed E-state index contributed by atoms with van der Waals surface area (Å²) in [4.78, 5) is 31.0. The quantitative estimate of drug-likeness (QED) is 0.190. The molecule has 0 fully saturated rings. The van der Waals surface area contributed by atoms with E-state index in [4.69, 9.17) is 22.2 Å². The van der Waals surface area contributed by atoms with Crippen LogP contribution in [0.5, 0.6) is 0 Å². The van der Waals surface area contributed by atoms with E-state index in [9.17, 15) is 22.8 Å². The number of rotatable bonds is 14. The number of imidazole rings is 1. The zero-order valence-corrected chi connectivity index (χ0v) is 26.3. The van der Waals surface area contributed by atoms with Crippen molar-refractivity contribution in [1.82, 2.24) is 25.1 Å². The van der Waals surface area contributed by atoms with Crippen LogP contribution in [0.4, 0.5) is 13.2 Å². The van der Waals surface area contributed by atoms with Crippen LogP contribution in [0.3, 0.4) is 0 Å². The molecule has 13 heteroatoms. The van der Waals surface area contributed by atoms with Crippen LogP contribution in [0.15, 0.2) is 61.1 Å². The molecule has 2 aromatic carbocycles. The van der Waals surface area contributed by atoms with Crippen LogP contribution in [-0.2, 0) is 40.0 Å². The highest BCUT2D eigenvalue weighted by molar-refractivity contribution is 7.80. The van der Waals surface area contributed by atoms with Crippen LogP contribution in [0.2, 0.25) is 0 Å². The average Bonchev–Trinajstić information content (AvgIpc) is 3.44. The number of carbonyl (C=O) groups is 2. The number of hydrogen-bond donors (Lipinski definition) is 2. The van der Waals surface area contributed by atoms with E-state index in [0.29, 0.717) is 24.2 Å². The van der Waals surface area contributed by atoms with Crippen molar-refractivity contribution < 1.29 is 27.5 Å². The van der Waals surface area contributed by atoms with Crippen molar-refractivity contribution in [3.8, 4) is 6.07 Å². The van der Waals surface area contributed by atoms with Crippen molar-refractivity contribution in [3.63, 3.8) is 0 Å². The molecule has 0 unspecified atom stereocenters. The van der Waals surface area contributed by atoms with Crippen molar-refractivity contribution in [2.75, 3.05) is 19.7 Å². The molecule has 240 valence electrons. The molecule has 0 radical (unpaired) electrons. The van der Waals surface area contributed by atoms with Gasteiger partial charge in [0.2, 0.25) is 5.91 Å². The number of benzene rings is 2. The molecule has 0 aliphatic heterocycles. The third-order valence-corrected chi connectivity index (χ3v) is 7.73. The van der Waals surface area contributed by atoms with Gasteiger partial charge >= 0.3 is 12.1 Å². The number of esters is 1. The number of hydrogen-bond acceptors (Lipinski definition) is 6. The van der Waals surface area contributed by atoms with Gasteiger partial charge < -0.3 is 24.8 Å². The molecule has 0 bridgehead atoms. The minimum Gasteiger partial charge on any atom is -0.465 e. The van der Waals surface area contributed by atoms with Crippen LogP contribution < -0.4 is 10.6 Å². The lowest BCUT2D eigenvalue weighted by Gasteiger charge is -2.33. The predicted octanol–water partition coefficient (Wildman–Crippen LogP) is 4.84. The SMILES string of the molecule is CCOC(=O)CNC(=S)N(Cc1ccccc1C(F)(F)F)C[C@@H](NC(=O)Cc1cncn1Cc1ccc(C#N)cc1)[C@@H](C)CC. The Morgan fingerprint density at radius 3 is 2.51 bits per heavy atom. The van der Waals surface area contributed by atoms with Crippen LogP contribution >= 0.6 is 12.2 Å². The van der Waals surface area contributed by atoms with E-state index in [2.05, 4.69) is 21.7 Å². The first-order valence-corrected chi connectivity index (χ1v) is 15.0. The molecule has 2 N–H and O–H groups in total. The van der Waals surface area contributed by atoms with Crippen molar-refractivity contribution >= 4 is 29.2 Å². The molecule has 45 heavy (non-hydrogen) atoms. The maximum absolute atomic E-state index is 13.8. The third-order valence-electron chi connectivity index (χ3n) is 7.33. The summed E-state index contributed by atoms with van der Waals surface area (Å²) >= 11 is 5.54. The molecule has 1 aromatic heterocycles. The molecule has 2 atom stereocenters. The molecule has 0 saturated heterocycles. The van der Waals surface area contributed by atoms with E-state index < -0.39 is 23.8 Å². The summed E-state index contributed by atoms with van der Waals surface area (Å²) < 4.78 is 48.3. The first-order chi connectivity index (χ1) is 21.4. The number of nitrogens with zero attached hydrogens (tertiary/aromatic N) is 4. The summed E-state index contributed by atoms with van der Waals surface area (Å²) in [6, 6.07) is 14.0. The van der Waals surface area contributed by atoms with Crippen LogP contribution in [0, 0.1) is 17.2 Å². The lowest BCUT2D eigenvalue weighted by molar-refractivity contribution is -0.141. The van der Waals surface area contributed by atoms with Gasteiger partial charge in [-0.2, -0.15) is 18.4 Å². The summed E-state index contributed by atoms with van der Waals surface area (Å²) in [6.07, 6.45) is -0.646. The Hall–Kier alpha value is -4.44. The second kappa shape index (κ2) is 16.6. The van der Waals surface area contributed by atoms with Gasteiger partial charge in [-0.1, -0.05) is 50.6 Å². The standard InChI is InChI=1S/C32H37F3N6O3S/c1-4-22(3)28(39-29(42)14-26-16-37-21-41(26)18-24-12-10-23(15-36)11-13-24)20-40(31(45)38-17-30(43)44-5-2)19-25-8-6-7-9-27(25)32(33,34)35/h6-13,16,21-22,28H,4-5,14,17-20H2,1-3H3,(H,38,45)(H,39,42)/t22-,28+/m0/s1. The molecule has 1 heterocycles. The van der Waals surface area contributed by atoms with E-state index >= 15 is 0 Å². The van der Waals surface area contributed by atoms with Gasteiger partial charge in [-0.15, -0.1) is 0 Å². The maximum atomic E-state index is 13.8. The van der Waals surface area contributed by atoms with Gasteiger partial charge in [0, 0.05) is 37.6 Å². The fourth-order valence-electron chi connectivity index (χ4n) is 4.66. The van der Waals surface area contributed by atoms with E-state index in [1.807, 2.05) is 30.5 Å². The van der Waals surface area contributed by atoms with E-state index in [-0.39, 0.29) is 55.2 Å². The Morgan fingerprint density at radius 1 is 1.16 bits per heavy atom. The van der Waals surface area contributed by atoms with Crippen LogP contribution in [0.25, 0.3) is 0 Å². The fourth-order valence-corrected chi connectivity index (χ4v) is 4.87. The monoisotopic (exact) mass is 642 g/mol. The first-order valence-electron chi connectivity index (χ1n) is 14.6. The molecular formula is C32H37F3N6O3S. The minimum atomic E-state index is -4.58. The Balaban J connectivity index is 1.79. The molecule has 1 amide bonds. The highest BCUT2D eigenvalue weighted by Gasteiger charge is 2.34. The number of nitriles is 1. The highest BCUT2D eigenvalue weighted by atomic mass is 32.1. The molecule has 3 aromatic rings. The zero-order chi connectivity index (χ0) is 33.0. The zero-order valence-electron chi connectivity index (χ0n) is 25.4. The molecular weight excluding hydrogens is 605 g/mol. The van der Waals surface area contributed by atoms with Gasteiger partial charge in [0.1, 0.15) is 6.54 Å². The van der Waals surface area contributed by atoms with Gasteiger partial charge in [-0.25, -0.2) is 4.98 Å². The van der Waals surface area contributed by atoms with Crippen LogP contribution in [-0.4, -0.2) is 57.2 Å². The van der Waals surface area contributed by atoms with Crippen molar-refractivity contribution in [2.45, 2.75) is 58.9 Å². The van der Waals surface area contributed by atoms with Gasteiger partial charge in [0.05, 0.1) is 36.6 Å². The summed E-state index contributed by atoms with van der Waals surface area (Å²) in [7, 11) is 0. The number of alkyl halides is 3. The molecule has 0 aliphatic carbocycles. The summed E-state index contributed by atoms with van der Waals surface area (Å²) in [6.45, 7) is 5.81. The lowest BCUT2D eigenvalue weighted by atomic mass is 9.97. The largest absolute Gasteiger partial charge is 0.465 e. The smallest absolute Gasteiger partial charge is 0.416 e. The summed E-state index contributed by atoms with van der Waals surface area (Å²) in [5.41, 5.74) is 1.37. The molecule has 9 nitrogen and oxygen atoms in total. The number of nitrogens with one attached hydrogen (secondary N) is 2. The van der Waals surface area contributed by atoms with Gasteiger partial charge in [-0.3, -0.25) is 9.59 Å². The highest BCUT2D eigenvalue weighted by Crippen LogP contribution is 2.32. The number of aromatic nitrogens is 2. The molecule has 0 spiro atoms. The molecule has 3 rings (SSSR count). The average molecular weight is 643 g/mol. The maximum Gasteiger partial charge on any atom is 0.416 e. The van der Waals surface area contributed by atoms with E-state index in [1.54, 1.807) is 31.6 Å². The minimum absolute atomic E-state index is 0.00576. The van der Waals surface area contributed by atoms with E-state index in [0.717, 1.165) is 11.6 Å². The third kappa shape index (κ3) is 10.6. The Kier molecular flexibility index (Phi) is 12.9. The number of thiocarbonyl (C=S) groups is 1. The van der Waals surface area contributed by atoms with Crippen molar-refractivity contribution in [2.24, 2.45) is 5.92 Å². The predicted molar refractivity (Wildman–Crippen MR) is 167 cm³/mol. The number of carbonyl (C=O) groups excluding carboxylic acids is 2. The first kappa shape index (κ1) is 35.0. The topological polar surface area (TPSA) is 112 Å². The molecule has 0 aliphatic rings. The second-order valence-corrected chi connectivity index (χ2v) is 10.9. The Bertz CT molecular complexity index is 1490. The van der Waals surface area contributed by atoms with Gasteiger partial charge in [0.25, 0.3) is 0 Å². The molecule has 0 saturated carbocycles.